The van der Waals surface area contributed by atoms with E-state index in [-0.39, 0.29) is 5.75 Å². The number of halogens is 1. The standard InChI is InChI=1S/C14H9BrO/c1-2-10-6-3-4-7-11(10)12-8-5-9-13(16)14(12)15/h1,3-9,16H. The average molecular weight is 273 g/mol. The largest absolute Gasteiger partial charge is 0.507 e. The molecule has 0 amide bonds. The van der Waals surface area contributed by atoms with E-state index < -0.39 is 0 Å². The molecule has 78 valence electrons. The molecule has 2 rings (SSSR count). The number of hydrogen-bond acceptors (Lipinski definition) is 1. The van der Waals surface area contributed by atoms with Gasteiger partial charge in [-0.15, -0.1) is 6.42 Å². The Kier molecular flexibility index (Phi) is 2.98. The van der Waals surface area contributed by atoms with Gasteiger partial charge in [-0.25, -0.2) is 0 Å². The van der Waals surface area contributed by atoms with Crippen molar-refractivity contribution in [2.75, 3.05) is 0 Å². The Balaban J connectivity index is 2.69. The Morgan fingerprint density at radius 1 is 1.00 bits per heavy atom. The Hall–Kier alpha value is -1.72. The van der Waals surface area contributed by atoms with Gasteiger partial charge in [0.15, 0.2) is 0 Å². The predicted molar refractivity (Wildman–Crippen MR) is 69.2 cm³/mol. The van der Waals surface area contributed by atoms with Crippen molar-refractivity contribution < 1.29 is 5.11 Å². The fourth-order valence-corrected chi connectivity index (χ4v) is 2.05. The molecule has 0 aliphatic carbocycles. The molecule has 0 unspecified atom stereocenters. The van der Waals surface area contributed by atoms with Crippen molar-refractivity contribution in [3.63, 3.8) is 0 Å². The first kappa shape index (κ1) is 10.8. The molecule has 2 heteroatoms. The van der Waals surface area contributed by atoms with Gasteiger partial charge in [0.1, 0.15) is 5.75 Å². The summed E-state index contributed by atoms with van der Waals surface area (Å²) in [5.74, 6) is 2.85. The quantitative estimate of drug-likeness (QED) is 0.783. The molecule has 0 heterocycles. The van der Waals surface area contributed by atoms with E-state index in [1.807, 2.05) is 30.3 Å². The SMILES string of the molecule is C#Cc1ccccc1-c1cccc(O)c1Br. The molecule has 0 aliphatic rings. The van der Waals surface area contributed by atoms with Crippen molar-refractivity contribution in [2.45, 2.75) is 0 Å². The summed E-state index contributed by atoms with van der Waals surface area (Å²) in [7, 11) is 0. The molecule has 0 radical (unpaired) electrons. The Bertz CT molecular complexity index is 567. The van der Waals surface area contributed by atoms with E-state index >= 15 is 0 Å². The number of rotatable bonds is 1. The lowest BCUT2D eigenvalue weighted by Crippen LogP contribution is -1.85. The molecule has 1 nitrogen and oxygen atoms in total. The van der Waals surface area contributed by atoms with Crippen molar-refractivity contribution >= 4 is 15.9 Å². The van der Waals surface area contributed by atoms with Gasteiger partial charge in [-0.1, -0.05) is 36.3 Å². The second-order valence-corrected chi connectivity index (χ2v) is 4.12. The maximum atomic E-state index is 9.63. The zero-order valence-electron chi connectivity index (χ0n) is 8.44. The van der Waals surface area contributed by atoms with Gasteiger partial charge in [-0.3, -0.25) is 0 Å². The number of aromatic hydroxyl groups is 1. The van der Waals surface area contributed by atoms with E-state index in [9.17, 15) is 5.11 Å². The molecule has 16 heavy (non-hydrogen) atoms. The Morgan fingerprint density at radius 3 is 2.44 bits per heavy atom. The zero-order valence-corrected chi connectivity index (χ0v) is 10.0. The predicted octanol–water partition coefficient (Wildman–Crippen LogP) is 3.80. The van der Waals surface area contributed by atoms with Gasteiger partial charge in [0.05, 0.1) is 4.47 Å². The van der Waals surface area contributed by atoms with Crippen LogP contribution in [0, 0.1) is 12.3 Å². The van der Waals surface area contributed by atoms with Crippen molar-refractivity contribution in [3.05, 3.63) is 52.5 Å². The molecule has 0 atom stereocenters. The smallest absolute Gasteiger partial charge is 0.130 e. The maximum Gasteiger partial charge on any atom is 0.130 e. The third-order valence-electron chi connectivity index (χ3n) is 2.35. The highest BCUT2D eigenvalue weighted by Crippen LogP contribution is 2.35. The van der Waals surface area contributed by atoms with Crippen LogP contribution in [0.4, 0.5) is 0 Å². The summed E-state index contributed by atoms with van der Waals surface area (Å²) < 4.78 is 0.665. The van der Waals surface area contributed by atoms with Crippen LogP contribution in [0.1, 0.15) is 5.56 Å². The molecule has 0 aromatic heterocycles. The van der Waals surface area contributed by atoms with Crippen molar-refractivity contribution in [1.29, 1.82) is 0 Å². The third-order valence-corrected chi connectivity index (χ3v) is 3.18. The summed E-state index contributed by atoms with van der Waals surface area (Å²) in [6.45, 7) is 0. The molecule has 2 aromatic rings. The highest BCUT2D eigenvalue weighted by Gasteiger charge is 2.09. The minimum atomic E-state index is 0.212. The van der Waals surface area contributed by atoms with Crippen molar-refractivity contribution in [3.8, 4) is 29.2 Å². The number of phenols is 1. The lowest BCUT2D eigenvalue weighted by molar-refractivity contribution is 0.472. The fraction of sp³-hybridized carbons (Fsp3) is 0. The first-order valence-electron chi connectivity index (χ1n) is 4.77. The van der Waals surface area contributed by atoms with Crippen LogP contribution in [-0.4, -0.2) is 5.11 Å². The van der Waals surface area contributed by atoms with Crippen molar-refractivity contribution in [1.82, 2.24) is 0 Å². The highest BCUT2D eigenvalue weighted by molar-refractivity contribution is 9.10. The minimum Gasteiger partial charge on any atom is -0.507 e. The minimum absolute atomic E-state index is 0.212. The molecule has 0 spiro atoms. The molecule has 2 aromatic carbocycles. The van der Waals surface area contributed by atoms with Gasteiger partial charge in [-0.05, 0) is 33.6 Å². The number of phenolic OH excluding ortho intramolecular Hbond substituents is 1. The zero-order chi connectivity index (χ0) is 11.5. The molecule has 1 N–H and O–H groups in total. The molecular formula is C14H9BrO. The normalized spacial score (nSPS) is 9.75. The lowest BCUT2D eigenvalue weighted by Gasteiger charge is -2.08. The summed E-state index contributed by atoms with van der Waals surface area (Å²) in [4.78, 5) is 0. The molecule has 0 bridgehead atoms. The van der Waals surface area contributed by atoms with Gasteiger partial charge in [0.2, 0.25) is 0 Å². The summed E-state index contributed by atoms with van der Waals surface area (Å²) >= 11 is 3.36. The monoisotopic (exact) mass is 272 g/mol. The highest BCUT2D eigenvalue weighted by atomic mass is 79.9. The molecular weight excluding hydrogens is 264 g/mol. The first-order valence-corrected chi connectivity index (χ1v) is 5.57. The van der Waals surface area contributed by atoms with E-state index in [1.165, 1.54) is 0 Å². The van der Waals surface area contributed by atoms with E-state index in [2.05, 4.69) is 21.9 Å². The maximum absolute atomic E-state index is 9.63. The summed E-state index contributed by atoms with van der Waals surface area (Å²) in [6, 6.07) is 13.0. The second-order valence-electron chi connectivity index (χ2n) is 3.33. The Morgan fingerprint density at radius 2 is 1.69 bits per heavy atom. The van der Waals surface area contributed by atoms with E-state index in [4.69, 9.17) is 6.42 Å². The lowest BCUT2D eigenvalue weighted by atomic mass is 10.00. The van der Waals surface area contributed by atoms with Crippen LogP contribution in [0.25, 0.3) is 11.1 Å². The number of terminal acetylenes is 1. The summed E-state index contributed by atoms with van der Waals surface area (Å²) in [5, 5.41) is 9.63. The Labute approximate surface area is 103 Å². The molecule has 0 aliphatic heterocycles. The van der Waals surface area contributed by atoms with Crippen LogP contribution in [-0.2, 0) is 0 Å². The van der Waals surface area contributed by atoms with Crippen LogP contribution in [0.5, 0.6) is 5.75 Å². The third kappa shape index (κ3) is 1.82. The molecule has 0 fully saturated rings. The van der Waals surface area contributed by atoms with Crippen LogP contribution in [0.15, 0.2) is 46.9 Å². The molecule has 0 saturated heterocycles. The van der Waals surface area contributed by atoms with Gasteiger partial charge in [0, 0.05) is 11.1 Å². The van der Waals surface area contributed by atoms with Gasteiger partial charge < -0.3 is 5.11 Å². The van der Waals surface area contributed by atoms with Crippen LogP contribution >= 0.6 is 15.9 Å². The second kappa shape index (κ2) is 4.42. The van der Waals surface area contributed by atoms with Crippen LogP contribution < -0.4 is 0 Å². The van der Waals surface area contributed by atoms with Gasteiger partial charge in [0.25, 0.3) is 0 Å². The summed E-state index contributed by atoms with van der Waals surface area (Å²) in [6.07, 6.45) is 5.45. The van der Waals surface area contributed by atoms with Crippen LogP contribution in [0.3, 0.4) is 0 Å². The number of hydrogen-bond donors (Lipinski definition) is 1. The van der Waals surface area contributed by atoms with Crippen molar-refractivity contribution in [2.24, 2.45) is 0 Å². The van der Waals surface area contributed by atoms with E-state index in [0.29, 0.717) is 4.47 Å². The summed E-state index contributed by atoms with van der Waals surface area (Å²) in [5.41, 5.74) is 2.65. The van der Waals surface area contributed by atoms with E-state index in [0.717, 1.165) is 16.7 Å². The first-order chi connectivity index (χ1) is 7.74. The van der Waals surface area contributed by atoms with Gasteiger partial charge >= 0.3 is 0 Å². The van der Waals surface area contributed by atoms with Crippen LogP contribution in [0.2, 0.25) is 0 Å². The van der Waals surface area contributed by atoms with E-state index in [1.54, 1.807) is 12.1 Å². The average Bonchev–Trinajstić information content (AvgIpc) is 2.33. The molecule has 0 saturated carbocycles. The number of benzene rings is 2. The fourth-order valence-electron chi connectivity index (χ4n) is 1.57. The van der Waals surface area contributed by atoms with Gasteiger partial charge in [-0.2, -0.15) is 0 Å². The topological polar surface area (TPSA) is 20.2 Å².